The quantitative estimate of drug-likeness (QED) is 0.517. The summed E-state index contributed by atoms with van der Waals surface area (Å²) in [6, 6.07) is 20.9. The van der Waals surface area contributed by atoms with Gasteiger partial charge in [0.05, 0.1) is 17.7 Å². The molecule has 1 aliphatic rings. The minimum atomic E-state index is -3.99. The van der Waals surface area contributed by atoms with Crippen LogP contribution >= 0.6 is 0 Å². The Morgan fingerprint density at radius 3 is 2.32 bits per heavy atom. The predicted octanol–water partition coefficient (Wildman–Crippen LogP) is 4.44. The van der Waals surface area contributed by atoms with Gasteiger partial charge in [-0.25, -0.2) is 8.42 Å². The Hall–Kier alpha value is -3.52. The highest BCUT2D eigenvalue weighted by Gasteiger charge is 2.27. The molecule has 3 aromatic carbocycles. The first-order chi connectivity index (χ1) is 16.4. The van der Waals surface area contributed by atoms with Crippen molar-refractivity contribution in [1.29, 1.82) is 0 Å². The molecular weight excluding hydrogens is 450 g/mol. The molecular formula is C26H29N3O4S. The molecule has 178 valence electrons. The average Bonchev–Trinajstić information content (AvgIpc) is 3.38. The summed E-state index contributed by atoms with van der Waals surface area (Å²) in [6.45, 7) is 3.59. The van der Waals surface area contributed by atoms with Crippen LogP contribution in [0.2, 0.25) is 0 Å². The Bertz CT molecular complexity index is 1240. The standard InChI is InChI=1S/C26H29N3O4S/c1-20-8-14-25(15-9-20)34(31,32)29(23-6-5-7-24(18-23)33-2)19-26(30)27-21-10-12-22(13-11-21)28-16-3-4-17-28/h5-15,18H,3-4,16-17,19H2,1-2H3,(H,27,30). The van der Waals surface area contributed by atoms with Crippen molar-refractivity contribution in [2.75, 3.05) is 41.3 Å². The largest absolute Gasteiger partial charge is 0.497 e. The first kappa shape index (κ1) is 23.6. The fourth-order valence-corrected chi connectivity index (χ4v) is 5.39. The molecule has 1 saturated heterocycles. The Balaban J connectivity index is 1.57. The maximum atomic E-state index is 13.5. The number of nitrogens with one attached hydrogen (secondary N) is 1. The fraction of sp³-hybridized carbons (Fsp3) is 0.269. The lowest BCUT2D eigenvalue weighted by Gasteiger charge is -2.24. The zero-order chi connectivity index (χ0) is 24.1. The van der Waals surface area contributed by atoms with E-state index < -0.39 is 15.9 Å². The zero-order valence-corrected chi connectivity index (χ0v) is 20.2. The summed E-state index contributed by atoms with van der Waals surface area (Å²) < 4.78 is 33.4. The number of aryl methyl sites for hydroxylation is 1. The summed E-state index contributed by atoms with van der Waals surface area (Å²) in [7, 11) is -2.48. The lowest BCUT2D eigenvalue weighted by molar-refractivity contribution is -0.114. The van der Waals surface area contributed by atoms with E-state index in [1.54, 1.807) is 48.5 Å². The molecule has 0 radical (unpaired) electrons. The van der Waals surface area contributed by atoms with Crippen molar-refractivity contribution in [3.63, 3.8) is 0 Å². The maximum absolute atomic E-state index is 13.5. The molecule has 0 spiro atoms. The van der Waals surface area contributed by atoms with E-state index in [-0.39, 0.29) is 11.4 Å². The number of carbonyl (C=O) groups is 1. The van der Waals surface area contributed by atoms with Crippen LogP contribution < -0.4 is 19.3 Å². The summed E-state index contributed by atoms with van der Waals surface area (Å²) in [5.41, 5.74) is 3.03. The Labute approximate surface area is 201 Å². The maximum Gasteiger partial charge on any atom is 0.264 e. The van der Waals surface area contributed by atoms with Gasteiger partial charge in [0.2, 0.25) is 5.91 Å². The van der Waals surface area contributed by atoms with Crippen LogP contribution in [0, 0.1) is 6.92 Å². The van der Waals surface area contributed by atoms with Crippen LogP contribution in [0.1, 0.15) is 18.4 Å². The third-order valence-corrected chi connectivity index (χ3v) is 7.65. The normalized spacial score (nSPS) is 13.5. The van der Waals surface area contributed by atoms with Crippen LogP contribution in [-0.2, 0) is 14.8 Å². The molecule has 7 nitrogen and oxygen atoms in total. The molecule has 8 heteroatoms. The van der Waals surface area contributed by atoms with Crippen molar-refractivity contribution in [1.82, 2.24) is 0 Å². The Morgan fingerprint density at radius 1 is 1.00 bits per heavy atom. The van der Waals surface area contributed by atoms with Crippen molar-refractivity contribution in [2.24, 2.45) is 0 Å². The first-order valence-corrected chi connectivity index (χ1v) is 12.7. The third kappa shape index (κ3) is 5.34. The predicted molar refractivity (Wildman–Crippen MR) is 135 cm³/mol. The molecule has 1 N–H and O–H groups in total. The van der Waals surface area contributed by atoms with E-state index in [2.05, 4.69) is 10.2 Å². The molecule has 1 fully saturated rings. The smallest absolute Gasteiger partial charge is 0.264 e. The van der Waals surface area contributed by atoms with Crippen molar-refractivity contribution >= 4 is 33.0 Å². The van der Waals surface area contributed by atoms with Crippen LogP contribution in [-0.4, -0.2) is 41.1 Å². The second-order valence-corrected chi connectivity index (χ2v) is 10.2. The second-order valence-electron chi connectivity index (χ2n) is 8.32. The molecule has 0 aromatic heterocycles. The minimum absolute atomic E-state index is 0.115. The number of hydrogen-bond donors (Lipinski definition) is 1. The average molecular weight is 480 g/mol. The number of methoxy groups -OCH3 is 1. The summed E-state index contributed by atoms with van der Waals surface area (Å²) in [5, 5.41) is 2.83. The van der Waals surface area contributed by atoms with Crippen LogP contribution in [0.15, 0.2) is 77.7 Å². The van der Waals surface area contributed by atoms with Crippen LogP contribution in [0.5, 0.6) is 5.75 Å². The van der Waals surface area contributed by atoms with E-state index >= 15 is 0 Å². The van der Waals surface area contributed by atoms with Crippen LogP contribution in [0.3, 0.4) is 0 Å². The fourth-order valence-electron chi connectivity index (χ4n) is 3.98. The van der Waals surface area contributed by atoms with Crippen molar-refractivity contribution in [2.45, 2.75) is 24.7 Å². The van der Waals surface area contributed by atoms with Gasteiger partial charge in [-0.1, -0.05) is 23.8 Å². The van der Waals surface area contributed by atoms with Crippen molar-refractivity contribution < 1.29 is 17.9 Å². The molecule has 4 rings (SSSR count). The van der Waals surface area contributed by atoms with Gasteiger partial charge in [-0.05, 0) is 68.3 Å². The van der Waals surface area contributed by atoms with E-state index in [0.29, 0.717) is 17.1 Å². The Kier molecular flexibility index (Phi) is 7.07. The Morgan fingerprint density at radius 2 is 1.68 bits per heavy atom. The number of hydrogen-bond acceptors (Lipinski definition) is 5. The molecule has 34 heavy (non-hydrogen) atoms. The molecule has 1 amide bonds. The van der Waals surface area contributed by atoms with E-state index in [0.717, 1.165) is 28.6 Å². The molecule has 0 bridgehead atoms. The number of amides is 1. The van der Waals surface area contributed by atoms with Gasteiger partial charge in [0.1, 0.15) is 12.3 Å². The first-order valence-electron chi connectivity index (χ1n) is 11.3. The highest BCUT2D eigenvalue weighted by Crippen LogP contribution is 2.27. The monoisotopic (exact) mass is 479 g/mol. The van der Waals surface area contributed by atoms with Gasteiger partial charge in [0.15, 0.2) is 0 Å². The SMILES string of the molecule is COc1cccc(N(CC(=O)Nc2ccc(N3CCCC3)cc2)S(=O)(=O)c2ccc(C)cc2)c1. The summed E-state index contributed by atoms with van der Waals surface area (Å²) >= 11 is 0. The zero-order valence-electron chi connectivity index (χ0n) is 19.4. The van der Waals surface area contributed by atoms with Gasteiger partial charge in [-0.3, -0.25) is 9.10 Å². The van der Waals surface area contributed by atoms with Gasteiger partial charge in [0.25, 0.3) is 10.0 Å². The second kappa shape index (κ2) is 10.2. The summed E-state index contributed by atoms with van der Waals surface area (Å²) in [4.78, 5) is 15.4. The molecule has 0 atom stereocenters. The van der Waals surface area contributed by atoms with E-state index in [9.17, 15) is 13.2 Å². The van der Waals surface area contributed by atoms with Gasteiger partial charge in [-0.2, -0.15) is 0 Å². The third-order valence-electron chi connectivity index (χ3n) is 5.86. The number of rotatable bonds is 8. The number of ether oxygens (including phenoxy) is 1. The minimum Gasteiger partial charge on any atom is -0.497 e. The highest BCUT2D eigenvalue weighted by molar-refractivity contribution is 7.92. The lowest BCUT2D eigenvalue weighted by atomic mass is 10.2. The van der Waals surface area contributed by atoms with Crippen LogP contribution in [0.4, 0.5) is 17.1 Å². The van der Waals surface area contributed by atoms with Crippen LogP contribution in [0.25, 0.3) is 0 Å². The topological polar surface area (TPSA) is 79.0 Å². The summed E-state index contributed by atoms with van der Waals surface area (Å²) in [6.07, 6.45) is 2.38. The van der Waals surface area contributed by atoms with Gasteiger partial charge in [-0.15, -0.1) is 0 Å². The molecule has 0 saturated carbocycles. The highest BCUT2D eigenvalue weighted by atomic mass is 32.2. The van der Waals surface area contributed by atoms with Gasteiger partial charge >= 0.3 is 0 Å². The van der Waals surface area contributed by atoms with Crippen molar-refractivity contribution in [3.8, 4) is 5.75 Å². The molecule has 3 aromatic rings. The summed E-state index contributed by atoms with van der Waals surface area (Å²) in [5.74, 6) is 0.0620. The van der Waals surface area contributed by atoms with E-state index in [1.807, 2.05) is 31.2 Å². The number of benzene rings is 3. The molecule has 0 unspecified atom stereocenters. The number of nitrogens with zero attached hydrogens (tertiary/aromatic N) is 2. The molecule has 1 aliphatic heterocycles. The number of sulfonamides is 1. The number of carbonyl (C=O) groups excluding carboxylic acids is 1. The van der Waals surface area contributed by atoms with E-state index in [4.69, 9.17) is 4.74 Å². The van der Waals surface area contributed by atoms with Gasteiger partial charge < -0.3 is 15.0 Å². The van der Waals surface area contributed by atoms with E-state index in [1.165, 1.54) is 20.0 Å². The molecule has 0 aliphatic carbocycles. The molecule has 1 heterocycles. The lowest BCUT2D eigenvalue weighted by Crippen LogP contribution is -2.38. The van der Waals surface area contributed by atoms with Gasteiger partial charge in [0, 0.05) is 30.5 Å². The number of anilines is 3. The van der Waals surface area contributed by atoms with Crippen molar-refractivity contribution in [3.05, 3.63) is 78.4 Å².